The van der Waals surface area contributed by atoms with Crippen molar-refractivity contribution in [1.29, 1.82) is 0 Å². The highest BCUT2D eigenvalue weighted by atomic mass is 16.3. The Bertz CT molecular complexity index is 263. The van der Waals surface area contributed by atoms with Crippen LogP contribution in [-0.2, 0) is 0 Å². The fraction of sp³-hybridized carbons (Fsp3) is 1.00. The van der Waals surface area contributed by atoms with E-state index in [1.165, 1.54) is 128 Å². The summed E-state index contributed by atoms with van der Waals surface area (Å²) in [6, 6.07) is 0. The average Bonchev–Trinajstić information content (AvgIpc) is 2.68. The highest BCUT2D eigenvalue weighted by Crippen LogP contribution is 2.25. The van der Waals surface area contributed by atoms with E-state index in [1.54, 1.807) is 0 Å². The fourth-order valence-corrected chi connectivity index (χ4v) is 4.26. The van der Waals surface area contributed by atoms with Gasteiger partial charge in [0.25, 0.3) is 0 Å². The van der Waals surface area contributed by atoms with E-state index >= 15 is 0 Å². The molecule has 0 aromatic carbocycles. The van der Waals surface area contributed by atoms with Crippen LogP contribution < -0.4 is 0 Å². The predicted molar refractivity (Wildman–Crippen MR) is 123 cm³/mol. The lowest BCUT2D eigenvalue weighted by molar-refractivity contribution is 0.0835. The molecule has 27 heavy (non-hydrogen) atoms. The second-order valence-electron chi connectivity index (χ2n) is 9.00. The summed E-state index contributed by atoms with van der Waals surface area (Å²) in [6.45, 7) is 6.81. The Morgan fingerprint density at radius 1 is 0.407 bits per heavy atom. The molecule has 0 radical (unpaired) electrons. The van der Waals surface area contributed by atoms with Crippen LogP contribution >= 0.6 is 0 Å². The van der Waals surface area contributed by atoms with Gasteiger partial charge in [-0.1, -0.05) is 136 Å². The molecule has 0 aliphatic rings. The molecule has 0 spiro atoms. The molecule has 0 saturated carbocycles. The fourth-order valence-electron chi connectivity index (χ4n) is 4.26. The molecule has 2 unspecified atom stereocenters. The molecule has 0 aliphatic carbocycles. The van der Waals surface area contributed by atoms with Gasteiger partial charge in [0.15, 0.2) is 0 Å². The molecular formula is C26H54O. The second kappa shape index (κ2) is 22.3. The van der Waals surface area contributed by atoms with Gasteiger partial charge in [0, 0.05) is 0 Å². The normalized spacial score (nSPS) is 13.8. The van der Waals surface area contributed by atoms with E-state index in [0.29, 0.717) is 5.92 Å². The first-order valence-corrected chi connectivity index (χ1v) is 12.9. The molecule has 0 rings (SSSR count). The molecule has 0 saturated heterocycles. The summed E-state index contributed by atoms with van der Waals surface area (Å²) in [5.74, 6) is 0.566. The van der Waals surface area contributed by atoms with Crippen LogP contribution in [0.4, 0.5) is 0 Å². The minimum absolute atomic E-state index is 0.0424. The molecule has 0 amide bonds. The second-order valence-corrected chi connectivity index (χ2v) is 9.00. The van der Waals surface area contributed by atoms with Crippen LogP contribution in [0.2, 0.25) is 0 Å². The molecule has 1 N–H and O–H groups in total. The molecule has 1 nitrogen and oxygen atoms in total. The first-order valence-electron chi connectivity index (χ1n) is 12.9. The summed E-state index contributed by atoms with van der Waals surface area (Å²) in [6.07, 6.45) is 28.2. The Hall–Kier alpha value is -0.0400. The summed E-state index contributed by atoms with van der Waals surface area (Å²) in [5, 5.41) is 10.6. The van der Waals surface area contributed by atoms with Crippen LogP contribution in [0.5, 0.6) is 0 Å². The Morgan fingerprint density at radius 2 is 0.741 bits per heavy atom. The first kappa shape index (κ1) is 27.0. The standard InChI is InChI=1S/C26H54O/c1-4-7-10-12-14-15-16-17-19-21-23-25(26(27)24-9-6-3)22-20-18-13-11-8-5-2/h25-27H,4-24H2,1-3H3. The van der Waals surface area contributed by atoms with Crippen LogP contribution in [0.1, 0.15) is 156 Å². The van der Waals surface area contributed by atoms with Gasteiger partial charge in [-0.05, 0) is 25.2 Å². The Morgan fingerprint density at radius 3 is 1.11 bits per heavy atom. The lowest BCUT2D eigenvalue weighted by atomic mass is 9.87. The average molecular weight is 383 g/mol. The Labute approximate surface area is 173 Å². The van der Waals surface area contributed by atoms with Crippen molar-refractivity contribution in [2.24, 2.45) is 5.92 Å². The van der Waals surface area contributed by atoms with Gasteiger partial charge in [0.1, 0.15) is 0 Å². The molecule has 0 bridgehead atoms. The third-order valence-corrected chi connectivity index (χ3v) is 6.25. The minimum Gasteiger partial charge on any atom is -0.393 e. The van der Waals surface area contributed by atoms with Gasteiger partial charge < -0.3 is 5.11 Å². The molecule has 0 aromatic heterocycles. The molecule has 1 heteroatoms. The maximum absolute atomic E-state index is 10.6. The van der Waals surface area contributed by atoms with Gasteiger partial charge in [-0.25, -0.2) is 0 Å². The zero-order valence-corrected chi connectivity index (χ0v) is 19.5. The molecule has 0 aliphatic heterocycles. The van der Waals surface area contributed by atoms with Crippen LogP contribution in [0, 0.1) is 5.92 Å². The van der Waals surface area contributed by atoms with Gasteiger partial charge in [-0.15, -0.1) is 0 Å². The number of unbranched alkanes of at least 4 members (excludes halogenated alkanes) is 15. The van der Waals surface area contributed by atoms with Crippen LogP contribution in [0.3, 0.4) is 0 Å². The van der Waals surface area contributed by atoms with E-state index in [2.05, 4.69) is 20.8 Å². The zero-order valence-electron chi connectivity index (χ0n) is 19.5. The van der Waals surface area contributed by atoms with Crippen molar-refractivity contribution in [2.75, 3.05) is 0 Å². The monoisotopic (exact) mass is 382 g/mol. The van der Waals surface area contributed by atoms with Crippen LogP contribution in [-0.4, -0.2) is 11.2 Å². The lowest BCUT2D eigenvalue weighted by Crippen LogP contribution is -2.20. The van der Waals surface area contributed by atoms with Gasteiger partial charge >= 0.3 is 0 Å². The molecular weight excluding hydrogens is 328 g/mol. The van der Waals surface area contributed by atoms with Gasteiger partial charge in [-0.3, -0.25) is 0 Å². The predicted octanol–water partition coefficient (Wildman–Crippen LogP) is 9.22. The molecule has 0 heterocycles. The topological polar surface area (TPSA) is 20.2 Å². The van der Waals surface area contributed by atoms with Crippen LogP contribution in [0.15, 0.2) is 0 Å². The number of rotatable bonds is 22. The number of aliphatic hydroxyl groups excluding tert-OH is 1. The lowest BCUT2D eigenvalue weighted by Gasteiger charge is -2.23. The third-order valence-electron chi connectivity index (χ3n) is 6.25. The van der Waals surface area contributed by atoms with E-state index in [1.807, 2.05) is 0 Å². The van der Waals surface area contributed by atoms with Gasteiger partial charge in [0.2, 0.25) is 0 Å². The summed E-state index contributed by atoms with van der Waals surface area (Å²) < 4.78 is 0. The van der Waals surface area contributed by atoms with Gasteiger partial charge in [-0.2, -0.15) is 0 Å². The van der Waals surface area contributed by atoms with E-state index in [-0.39, 0.29) is 6.10 Å². The third kappa shape index (κ3) is 19.1. The molecule has 2 atom stereocenters. The minimum atomic E-state index is -0.0424. The van der Waals surface area contributed by atoms with E-state index < -0.39 is 0 Å². The van der Waals surface area contributed by atoms with Crippen LogP contribution in [0.25, 0.3) is 0 Å². The van der Waals surface area contributed by atoms with E-state index in [9.17, 15) is 5.11 Å². The van der Waals surface area contributed by atoms with Crippen molar-refractivity contribution in [2.45, 2.75) is 162 Å². The number of hydrogen-bond acceptors (Lipinski definition) is 1. The molecule has 164 valence electrons. The van der Waals surface area contributed by atoms with Crippen molar-refractivity contribution < 1.29 is 5.11 Å². The highest BCUT2D eigenvalue weighted by molar-refractivity contribution is 4.70. The molecule has 0 fully saturated rings. The van der Waals surface area contributed by atoms with E-state index in [4.69, 9.17) is 0 Å². The Balaban J connectivity index is 3.79. The van der Waals surface area contributed by atoms with Crippen molar-refractivity contribution in [3.05, 3.63) is 0 Å². The van der Waals surface area contributed by atoms with Crippen molar-refractivity contribution in [1.82, 2.24) is 0 Å². The zero-order chi connectivity index (χ0) is 20.0. The Kier molecular flexibility index (Phi) is 22.2. The maximum atomic E-state index is 10.6. The SMILES string of the molecule is CCCCCCCCCCCCC(CCCCCCCC)C(O)CCCC. The van der Waals surface area contributed by atoms with Crippen molar-refractivity contribution in [3.8, 4) is 0 Å². The quantitative estimate of drug-likeness (QED) is 0.185. The molecule has 0 aromatic rings. The summed E-state index contributed by atoms with van der Waals surface area (Å²) >= 11 is 0. The smallest absolute Gasteiger partial charge is 0.0568 e. The first-order chi connectivity index (χ1) is 13.3. The summed E-state index contributed by atoms with van der Waals surface area (Å²) in [5.41, 5.74) is 0. The maximum Gasteiger partial charge on any atom is 0.0568 e. The van der Waals surface area contributed by atoms with E-state index in [0.717, 1.165) is 6.42 Å². The van der Waals surface area contributed by atoms with Gasteiger partial charge in [0.05, 0.1) is 6.10 Å². The summed E-state index contributed by atoms with van der Waals surface area (Å²) in [4.78, 5) is 0. The number of aliphatic hydroxyl groups is 1. The number of hydrogen-bond donors (Lipinski definition) is 1. The van der Waals surface area contributed by atoms with Crippen molar-refractivity contribution in [3.63, 3.8) is 0 Å². The summed E-state index contributed by atoms with van der Waals surface area (Å²) in [7, 11) is 0. The van der Waals surface area contributed by atoms with Crippen molar-refractivity contribution >= 4 is 0 Å². The largest absolute Gasteiger partial charge is 0.393 e. The highest BCUT2D eigenvalue weighted by Gasteiger charge is 2.18.